The lowest BCUT2D eigenvalue weighted by atomic mass is 9.93. The van der Waals surface area contributed by atoms with Gasteiger partial charge in [0.2, 0.25) is 0 Å². The van der Waals surface area contributed by atoms with E-state index in [2.05, 4.69) is 177 Å². The van der Waals surface area contributed by atoms with Crippen LogP contribution in [0, 0.1) is 0 Å². The van der Waals surface area contributed by atoms with E-state index in [1.54, 1.807) is 19.1 Å². The largest absolute Gasteiger partial charge is 0.497 e. The summed E-state index contributed by atoms with van der Waals surface area (Å²) in [5, 5.41) is 6.27. The summed E-state index contributed by atoms with van der Waals surface area (Å²) in [6.45, 7) is 12.9. The Morgan fingerprint density at radius 1 is 0.406 bits per heavy atom. The molecule has 5 unspecified atom stereocenters. The molecule has 3 aliphatic heterocycles. The van der Waals surface area contributed by atoms with Crippen molar-refractivity contribution in [3.8, 4) is 40.2 Å². The predicted molar refractivity (Wildman–Crippen MR) is 439 cm³/mol. The van der Waals surface area contributed by atoms with Crippen molar-refractivity contribution in [2.24, 2.45) is 0 Å². The number of carbonyl (C=O) groups is 2. The minimum absolute atomic E-state index is 0. The van der Waals surface area contributed by atoms with E-state index < -0.39 is 17.8 Å². The second kappa shape index (κ2) is 38.8. The molecule has 16 heteroatoms. The lowest BCUT2D eigenvalue weighted by molar-refractivity contribution is 0.127. The fourth-order valence-electron chi connectivity index (χ4n) is 12.2. The fourth-order valence-corrected chi connectivity index (χ4v) is 12.2. The Morgan fingerprint density at radius 3 is 1.22 bits per heavy atom. The Kier molecular flexibility index (Phi) is 29.1. The smallest absolute Gasteiger partial charge is 0.414 e. The average Bonchev–Trinajstić information content (AvgIpc) is 0.807. The van der Waals surface area contributed by atoms with Crippen LogP contribution in [0.5, 0.6) is 40.2 Å². The normalized spacial score (nSPS) is 15.9. The number of hydrogen-bond acceptors (Lipinski definition) is 12. The number of nitrogens with one attached hydrogen (secondary N) is 2. The SMILES string of the molecule is CCOc1ccc(COC(=O)N(Cc2ccc(OC)cc2)c2ccc3c(c2)C=CC(C)(CCc2ccccc2)O3)cc1.CCOc1ccc(COC(=O)Nc2ccc3c(c2)C=CC(C)(CCc2ccccc2)O3)cc1.COc1ccc(CNc2ccc3c(c2)C=CC(C)(CCc2ccccc2)O3)cc1.P.P. The standard InChI is InChI=1S/C36H37NO5.C28H29NO4.C26H27NO2.2H3P/c1-4-40-33-17-12-29(13-18-33)26-41-35(38)37(25-28-10-15-32(39-3)16-11-28)31-14-19-34-30(24-31)21-23-36(2,42-34)22-20-27-8-6-5-7-9-27;1-3-31-25-12-9-22(10-13-25)20-32-27(30)29-24-11-14-26-23(19-24)16-18-28(2,33-26)17-15-21-7-5-4-6-8-21;1-26(16-14-20-6-4-3-5-7-20)17-15-22-18-23(10-13-25(22)29-26)27-19-21-8-11-24(28-2)12-9-21;;/h5-19,21,23-24H,4,20,22,25-26H2,1-3H3;4-14,16,18-19H,3,15,17,20H2,1-2H3,(H,29,30);3-13,15,17-18,27H,14,16,19H2,1-2H3;2*1H3. The van der Waals surface area contributed by atoms with Crippen LogP contribution in [0.1, 0.15) is 110 Å². The number of rotatable bonds is 26. The molecule has 10 aromatic carbocycles. The van der Waals surface area contributed by atoms with E-state index in [-0.39, 0.29) is 44.2 Å². The van der Waals surface area contributed by atoms with Gasteiger partial charge in [-0.1, -0.05) is 158 Å². The maximum atomic E-state index is 13.5. The highest BCUT2D eigenvalue weighted by atomic mass is 31.0. The number of anilines is 3. The number of methoxy groups -OCH3 is 2. The number of hydrogen-bond donors (Lipinski definition) is 2. The van der Waals surface area contributed by atoms with Crippen molar-refractivity contribution < 1.29 is 52.2 Å². The van der Waals surface area contributed by atoms with Gasteiger partial charge in [-0.15, -0.1) is 0 Å². The van der Waals surface area contributed by atoms with E-state index in [0.29, 0.717) is 25.4 Å². The summed E-state index contributed by atoms with van der Waals surface area (Å²) >= 11 is 0. The first-order chi connectivity index (χ1) is 50.6. The lowest BCUT2D eigenvalue weighted by Gasteiger charge is -2.32. The molecule has 10 aromatic rings. The zero-order valence-corrected chi connectivity index (χ0v) is 64.7. The Hall–Kier alpha value is -10.8. The van der Waals surface area contributed by atoms with Gasteiger partial charge in [0.1, 0.15) is 70.3 Å². The molecular weight excluding hydrogens is 1360 g/mol. The molecule has 106 heavy (non-hydrogen) atoms. The molecule has 3 aliphatic rings. The van der Waals surface area contributed by atoms with Crippen LogP contribution in [-0.2, 0) is 55.0 Å². The summed E-state index contributed by atoms with van der Waals surface area (Å²) in [5.41, 5.74) is 12.2. The van der Waals surface area contributed by atoms with Crippen molar-refractivity contribution in [3.63, 3.8) is 0 Å². The monoisotopic (exact) mass is 1460 g/mol. The average molecular weight is 1460 g/mol. The third-order valence-corrected chi connectivity index (χ3v) is 18.3. The van der Waals surface area contributed by atoms with Gasteiger partial charge in [-0.05, 0) is 233 Å². The maximum Gasteiger partial charge on any atom is 0.414 e. The Balaban J connectivity index is 0.000000186. The van der Waals surface area contributed by atoms with Gasteiger partial charge in [0.25, 0.3) is 0 Å². The van der Waals surface area contributed by atoms with E-state index in [9.17, 15) is 9.59 Å². The number of fused-ring (bicyclic) bond motifs is 3. The van der Waals surface area contributed by atoms with Gasteiger partial charge in [-0.2, -0.15) is 19.8 Å². The lowest BCUT2D eigenvalue weighted by Crippen LogP contribution is -2.33. The maximum absolute atomic E-state index is 13.5. The van der Waals surface area contributed by atoms with Crippen LogP contribution in [0.2, 0.25) is 0 Å². The zero-order valence-electron chi connectivity index (χ0n) is 61.9. The molecule has 2 N–H and O–H groups in total. The van der Waals surface area contributed by atoms with Gasteiger partial charge >= 0.3 is 12.2 Å². The molecule has 0 saturated heterocycles. The van der Waals surface area contributed by atoms with Crippen molar-refractivity contribution in [3.05, 3.63) is 317 Å². The molecule has 0 saturated carbocycles. The van der Waals surface area contributed by atoms with Crippen molar-refractivity contribution in [2.45, 2.75) is 116 Å². The molecule has 0 radical (unpaired) electrons. The molecule has 2 amide bonds. The topological polar surface area (TPSA) is 145 Å². The van der Waals surface area contributed by atoms with Gasteiger partial charge in [-0.25, -0.2) is 9.59 Å². The molecule has 0 aliphatic carbocycles. The van der Waals surface area contributed by atoms with Crippen LogP contribution in [0.15, 0.2) is 261 Å². The van der Waals surface area contributed by atoms with Crippen molar-refractivity contribution in [1.29, 1.82) is 0 Å². The fraction of sp³-hybridized carbons (Fsp3) is 0.244. The Morgan fingerprint density at radius 2 is 0.783 bits per heavy atom. The number of aryl methyl sites for hydroxylation is 3. The summed E-state index contributed by atoms with van der Waals surface area (Å²) in [6, 6.07) is 80.0. The summed E-state index contributed by atoms with van der Waals surface area (Å²) < 4.78 is 51.7. The minimum atomic E-state index is -0.503. The number of carbonyl (C=O) groups excluding carboxylic acids is 2. The van der Waals surface area contributed by atoms with E-state index in [0.717, 1.165) is 130 Å². The number of ether oxygens (including phenoxy) is 9. The van der Waals surface area contributed by atoms with E-state index in [1.165, 1.54) is 22.3 Å². The van der Waals surface area contributed by atoms with E-state index >= 15 is 0 Å². The molecule has 5 atom stereocenters. The molecule has 0 spiro atoms. The van der Waals surface area contributed by atoms with Crippen LogP contribution < -0.4 is 48.7 Å². The van der Waals surface area contributed by atoms with Crippen molar-refractivity contribution in [2.75, 3.05) is 43.0 Å². The minimum Gasteiger partial charge on any atom is -0.497 e. The van der Waals surface area contributed by atoms with Gasteiger partial charge in [0.05, 0.1) is 34.0 Å². The number of benzene rings is 10. The first kappa shape index (κ1) is 79.3. The van der Waals surface area contributed by atoms with Crippen LogP contribution in [0.3, 0.4) is 0 Å². The highest BCUT2D eigenvalue weighted by Gasteiger charge is 2.31. The third kappa shape index (κ3) is 23.4. The highest BCUT2D eigenvalue weighted by molar-refractivity contribution is 6.92. The molecular formula is C90H99N3O11P2. The molecule has 0 bridgehead atoms. The summed E-state index contributed by atoms with van der Waals surface area (Å²) in [5.74, 6) is 5.76. The van der Waals surface area contributed by atoms with Crippen molar-refractivity contribution >= 4 is 67.3 Å². The molecule has 14 nitrogen and oxygen atoms in total. The number of amides is 2. The molecule has 13 rings (SSSR count). The molecule has 0 aromatic heterocycles. The molecule has 3 heterocycles. The Bertz CT molecular complexity index is 4510. The van der Waals surface area contributed by atoms with Crippen LogP contribution in [0.25, 0.3) is 18.2 Å². The second-order valence-electron chi connectivity index (χ2n) is 26.5. The predicted octanol–water partition coefficient (Wildman–Crippen LogP) is 21.1. The van der Waals surface area contributed by atoms with Crippen molar-refractivity contribution in [1.82, 2.24) is 0 Å². The highest BCUT2D eigenvalue weighted by Crippen LogP contribution is 2.39. The van der Waals surface area contributed by atoms with Gasteiger partial charge in [-0.3, -0.25) is 10.2 Å². The van der Waals surface area contributed by atoms with Gasteiger partial charge < -0.3 is 47.9 Å². The summed E-state index contributed by atoms with van der Waals surface area (Å²) in [4.78, 5) is 27.4. The van der Waals surface area contributed by atoms with E-state index in [1.807, 2.05) is 147 Å². The first-order valence-corrected chi connectivity index (χ1v) is 35.6. The number of nitrogens with zero attached hydrogens (tertiary/aromatic N) is 1. The van der Waals surface area contributed by atoms with Crippen LogP contribution in [0.4, 0.5) is 26.7 Å². The molecule has 0 fully saturated rings. The third-order valence-electron chi connectivity index (χ3n) is 18.3. The van der Waals surface area contributed by atoms with Gasteiger partial charge in [0.15, 0.2) is 0 Å². The molecule has 550 valence electrons. The zero-order chi connectivity index (χ0) is 72.6. The van der Waals surface area contributed by atoms with Crippen LogP contribution in [-0.4, -0.2) is 56.4 Å². The van der Waals surface area contributed by atoms with Crippen LogP contribution >= 0.6 is 19.8 Å². The van der Waals surface area contributed by atoms with Gasteiger partial charge in [0, 0.05) is 40.3 Å². The summed E-state index contributed by atoms with van der Waals surface area (Å²) in [6.07, 6.45) is 17.3. The first-order valence-electron chi connectivity index (χ1n) is 35.6. The second-order valence-corrected chi connectivity index (χ2v) is 26.5. The summed E-state index contributed by atoms with van der Waals surface area (Å²) in [7, 11) is 3.32. The van der Waals surface area contributed by atoms with E-state index in [4.69, 9.17) is 42.6 Å². The Labute approximate surface area is 632 Å². The quantitative estimate of drug-likeness (QED) is 0.0498.